The van der Waals surface area contributed by atoms with E-state index in [4.69, 9.17) is 5.73 Å². The number of aliphatic hydroxyl groups excluding tert-OH is 1. The number of aliphatic hydroxyl groups is 1. The van der Waals surface area contributed by atoms with Crippen molar-refractivity contribution in [2.45, 2.75) is 75.7 Å². The maximum atomic E-state index is 11.5. The number of hydrogen-bond donors (Lipinski definition) is 2. The van der Waals surface area contributed by atoms with Crippen LogP contribution in [0.2, 0.25) is 0 Å². The molecule has 0 heterocycles. The highest BCUT2D eigenvalue weighted by atomic mass is 32.2. The highest BCUT2D eigenvalue weighted by molar-refractivity contribution is 8.00. The molecule has 0 saturated heterocycles. The van der Waals surface area contributed by atoms with Gasteiger partial charge in [0.25, 0.3) is 0 Å². The molecule has 0 aromatic heterocycles. The molecule has 32 heavy (non-hydrogen) atoms. The summed E-state index contributed by atoms with van der Waals surface area (Å²) in [6.45, 7) is 2.21. The molecule has 3 atom stereocenters. The van der Waals surface area contributed by atoms with Crippen LogP contribution in [0.3, 0.4) is 0 Å². The average molecular weight is 468 g/mol. The van der Waals surface area contributed by atoms with Gasteiger partial charge in [0.1, 0.15) is 6.04 Å². The Morgan fingerprint density at radius 2 is 1.75 bits per heavy atom. The highest BCUT2D eigenvalue weighted by Crippen LogP contribution is 2.21. The summed E-state index contributed by atoms with van der Waals surface area (Å²) in [5, 5.41) is 10.3. The Morgan fingerprint density at radius 3 is 2.44 bits per heavy atom. The lowest BCUT2D eigenvalue weighted by molar-refractivity contribution is -0.142. The largest absolute Gasteiger partial charge is 0.469 e. The third kappa shape index (κ3) is 16.8. The number of carbonyl (C=O) groups excluding carboxylic acids is 2. The zero-order chi connectivity index (χ0) is 24.0. The molecule has 0 saturated carbocycles. The first-order valence-corrected chi connectivity index (χ1v) is 12.4. The van der Waals surface area contributed by atoms with Crippen molar-refractivity contribution >= 4 is 23.7 Å². The molecule has 0 aliphatic rings. The molecular weight excluding hydrogens is 426 g/mol. The van der Waals surface area contributed by atoms with Crippen molar-refractivity contribution in [2.75, 3.05) is 20.0 Å². The number of carbonyl (C=O) groups is 2. The molecule has 0 aromatic rings. The van der Waals surface area contributed by atoms with Gasteiger partial charge in [0.05, 0.1) is 20.3 Å². The molecule has 0 aliphatic carbocycles. The molecule has 7 heteroatoms. The Kier molecular flexibility index (Phi) is 19.8. The Bertz CT molecular complexity index is 615. The quantitative estimate of drug-likeness (QED) is 0.133. The standard InChI is InChI=1S/C25H41NO5S/c1-4-5-6-7-8-9-10-11-12-13-14-15-18-23(32-20-21(26)25(29)31-3)22(27)17-16-19-24(28)30-2/h8-9,11-15,18,21-23,27H,4-7,10,16-17,19-20,26H2,1-3H3/t21-,22-,23+/m0/s1. The van der Waals surface area contributed by atoms with Gasteiger partial charge in [-0.25, -0.2) is 0 Å². The van der Waals surface area contributed by atoms with Crippen LogP contribution in [0.5, 0.6) is 0 Å². The number of thioether (sulfide) groups is 1. The average Bonchev–Trinajstić information content (AvgIpc) is 2.80. The molecule has 182 valence electrons. The number of nitrogens with two attached hydrogens (primary N) is 1. The van der Waals surface area contributed by atoms with Crippen molar-refractivity contribution in [3.05, 3.63) is 48.6 Å². The second-order valence-electron chi connectivity index (χ2n) is 7.36. The van der Waals surface area contributed by atoms with Crippen LogP contribution in [-0.2, 0) is 19.1 Å². The summed E-state index contributed by atoms with van der Waals surface area (Å²) < 4.78 is 9.28. The van der Waals surface area contributed by atoms with Gasteiger partial charge in [0.2, 0.25) is 0 Å². The minimum atomic E-state index is -0.753. The third-order valence-corrected chi connectivity index (χ3v) is 6.05. The Labute approximate surface area is 198 Å². The minimum absolute atomic E-state index is 0.258. The number of unbranched alkanes of at least 4 members (excludes halogenated alkanes) is 3. The van der Waals surface area contributed by atoms with Gasteiger partial charge in [-0.1, -0.05) is 68.4 Å². The van der Waals surface area contributed by atoms with Gasteiger partial charge in [-0.15, -0.1) is 11.8 Å². The molecule has 0 fully saturated rings. The molecule has 0 unspecified atom stereocenters. The van der Waals surface area contributed by atoms with Crippen LogP contribution >= 0.6 is 11.8 Å². The van der Waals surface area contributed by atoms with Crippen molar-refractivity contribution < 1.29 is 24.2 Å². The zero-order valence-corrected chi connectivity index (χ0v) is 20.6. The Hall–Kier alpha value is -1.83. The van der Waals surface area contributed by atoms with Crippen LogP contribution in [0.15, 0.2) is 48.6 Å². The summed E-state index contributed by atoms with van der Waals surface area (Å²) >= 11 is 1.39. The number of hydrogen-bond acceptors (Lipinski definition) is 7. The van der Waals surface area contributed by atoms with E-state index in [9.17, 15) is 14.7 Å². The van der Waals surface area contributed by atoms with Crippen molar-refractivity contribution in [1.82, 2.24) is 0 Å². The predicted octanol–water partition coefficient (Wildman–Crippen LogP) is 4.49. The van der Waals surface area contributed by atoms with Crippen molar-refractivity contribution in [3.8, 4) is 0 Å². The lowest BCUT2D eigenvalue weighted by Crippen LogP contribution is -2.35. The number of rotatable bonds is 18. The van der Waals surface area contributed by atoms with E-state index < -0.39 is 18.1 Å². The maximum absolute atomic E-state index is 11.5. The zero-order valence-electron chi connectivity index (χ0n) is 19.8. The number of esters is 2. The minimum Gasteiger partial charge on any atom is -0.469 e. The summed E-state index contributed by atoms with van der Waals surface area (Å²) in [5.41, 5.74) is 5.81. The van der Waals surface area contributed by atoms with E-state index in [0.29, 0.717) is 18.6 Å². The second-order valence-corrected chi connectivity index (χ2v) is 8.58. The van der Waals surface area contributed by atoms with Crippen molar-refractivity contribution in [3.63, 3.8) is 0 Å². The van der Waals surface area contributed by atoms with Gasteiger partial charge in [-0.3, -0.25) is 9.59 Å². The normalized spacial score (nSPS) is 15.0. The van der Waals surface area contributed by atoms with Crippen LogP contribution in [0.25, 0.3) is 0 Å². The van der Waals surface area contributed by atoms with Crippen molar-refractivity contribution in [2.24, 2.45) is 5.73 Å². The lowest BCUT2D eigenvalue weighted by Gasteiger charge is -2.20. The van der Waals surface area contributed by atoms with Gasteiger partial charge in [0, 0.05) is 17.4 Å². The van der Waals surface area contributed by atoms with Crippen LogP contribution in [0.4, 0.5) is 0 Å². The maximum Gasteiger partial charge on any atom is 0.323 e. The fourth-order valence-electron chi connectivity index (χ4n) is 2.71. The monoisotopic (exact) mass is 467 g/mol. The molecule has 0 bridgehead atoms. The summed E-state index contributed by atoms with van der Waals surface area (Å²) in [4.78, 5) is 22.8. The van der Waals surface area contributed by atoms with Crippen LogP contribution < -0.4 is 5.73 Å². The summed E-state index contributed by atoms with van der Waals surface area (Å²) in [7, 11) is 2.64. The number of allylic oxidation sites excluding steroid dienone is 7. The first-order chi connectivity index (χ1) is 15.5. The first kappa shape index (κ1) is 30.2. The van der Waals surface area contributed by atoms with Gasteiger partial charge in [-0.05, 0) is 32.1 Å². The fourth-order valence-corrected chi connectivity index (χ4v) is 3.84. The van der Waals surface area contributed by atoms with Crippen molar-refractivity contribution in [1.29, 1.82) is 0 Å². The summed E-state index contributed by atoms with van der Waals surface area (Å²) in [6.07, 6.45) is 22.4. The van der Waals surface area contributed by atoms with E-state index in [1.807, 2.05) is 30.4 Å². The number of ether oxygens (including phenoxy) is 2. The third-order valence-electron chi connectivity index (χ3n) is 4.64. The molecule has 0 aromatic carbocycles. The molecule has 0 spiro atoms. The molecule has 6 nitrogen and oxygen atoms in total. The SMILES string of the molecule is CCCCCC=CCC=CC=CC=C[C@@H](SC[C@H](N)C(=O)OC)[C@@H](O)CCCC(=O)OC. The van der Waals surface area contributed by atoms with E-state index in [2.05, 4.69) is 34.6 Å². The van der Waals surface area contributed by atoms with E-state index in [1.165, 1.54) is 45.2 Å². The Morgan fingerprint density at radius 1 is 1.00 bits per heavy atom. The fraction of sp³-hybridized carbons (Fsp3) is 0.600. The van der Waals surface area contributed by atoms with Gasteiger partial charge < -0.3 is 20.3 Å². The van der Waals surface area contributed by atoms with Crippen LogP contribution in [-0.4, -0.2) is 54.4 Å². The van der Waals surface area contributed by atoms with E-state index >= 15 is 0 Å². The van der Waals surface area contributed by atoms with E-state index in [0.717, 1.165) is 12.8 Å². The van der Waals surface area contributed by atoms with Gasteiger partial charge >= 0.3 is 11.9 Å². The summed E-state index contributed by atoms with van der Waals surface area (Å²) in [6, 6.07) is -0.753. The predicted molar refractivity (Wildman–Crippen MR) is 133 cm³/mol. The molecular formula is C25H41NO5S. The molecule has 0 amide bonds. The number of methoxy groups -OCH3 is 2. The van der Waals surface area contributed by atoms with E-state index in [1.54, 1.807) is 0 Å². The second kappa shape index (κ2) is 21.0. The van der Waals surface area contributed by atoms with Gasteiger partial charge in [0.15, 0.2) is 0 Å². The molecule has 0 rings (SSSR count). The Balaban J connectivity index is 4.62. The smallest absolute Gasteiger partial charge is 0.323 e. The van der Waals surface area contributed by atoms with Crippen LogP contribution in [0.1, 0.15) is 58.3 Å². The van der Waals surface area contributed by atoms with Gasteiger partial charge in [-0.2, -0.15) is 0 Å². The molecule has 3 N–H and O–H groups in total. The molecule has 0 aliphatic heterocycles. The topological polar surface area (TPSA) is 98.9 Å². The van der Waals surface area contributed by atoms with E-state index in [-0.39, 0.29) is 17.6 Å². The first-order valence-electron chi connectivity index (χ1n) is 11.3. The van der Waals surface area contributed by atoms with Crippen LogP contribution in [0, 0.1) is 0 Å². The summed E-state index contributed by atoms with van der Waals surface area (Å²) in [5.74, 6) is -0.454. The lowest BCUT2D eigenvalue weighted by atomic mass is 10.1. The highest BCUT2D eigenvalue weighted by Gasteiger charge is 2.21. The molecule has 0 radical (unpaired) electrons.